The molecule has 2 aromatic rings. The molecule has 0 fully saturated rings. The second-order valence-electron chi connectivity index (χ2n) is 3.50. The fraction of sp³-hybridized carbons (Fsp3) is 0.167. The molecular formula is C12H11FN4. The number of nitrogens with one attached hydrogen (secondary N) is 1. The topological polar surface area (TPSA) is 53.6 Å². The molecule has 0 aliphatic rings. The molecule has 0 amide bonds. The molecule has 0 unspecified atom stereocenters. The van der Waals surface area contributed by atoms with Crippen LogP contribution in [-0.4, -0.2) is 16.3 Å². The summed E-state index contributed by atoms with van der Waals surface area (Å²) >= 11 is 0. The Morgan fingerprint density at radius 1 is 1.47 bits per heavy atom. The number of nitriles is 1. The van der Waals surface area contributed by atoms with Gasteiger partial charge in [-0.3, -0.25) is 4.68 Å². The van der Waals surface area contributed by atoms with E-state index in [-0.39, 0.29) is 5.56 Å². The highest BCUT2D eigenvalue weighted by atomic mass is 19.1. The fourth-order valence-electron chi connectivity index (χ4n) is 1.46. The van der Waals surface area contributed by atoms with Crippen molar-refractivity contribution in [1.82, 2.24) is 9.78 Å². The zero-order chi connectivity index (χ0) is 12.1. The lowest BCUT2D eigenvalue weighted by molar-refractivity contribution is 0.622. The molecule has 86 valence electrons. The van der Waals surface area contributed by atoms with E-state index < -0.39 is 5.82 Å². The summed E-state index contributed by atoms with van der Waals surface area (Å²) in [7, 11) is 0. The number of aromatic nitrogens is 2. The Morgan fingerprint density at radius 2 is 2.35 bits per heavy atom. The number of anilines is 1. The van der Waals surface area contributed by atoms with Crippen molar-refractivity contribution in [3.63, 3.8) is 0 Å². The Morgan fingerprint density at radius 3 is 3.00 bits per heavy atom. The van der Waals surface area contributed by atoms with Crippen LogP contribution in [0.15, 0.2) is 36.7 Å². The van der Waals surface area contributed by atoms with Crippen LogP contribution in [0.5, 0.6) is 0 Å². The quantitative estimate of drug-likeness (QED) is 0.874. The van der Waals surface area contributed by atoms with E-state index in [1.807, 2.05) is 12.3 Å². The van der Waals surface area contributed by atoms with Gasteiger partial charge in [-0.05, 0) is 24.3 Å². The average Bonchev–Trinajstić information content (AvgIpc) is 2.82. The van der Waals surface area contributed by atoms with Gasteiger partial charge in [-0.15, -0.1) is 0 Å². The summed E-state index contributed by atoms with van der Waals surface area (Å²) < 4.78 is 15.1. The molecule has 5 heteroatoms. The number of benzene rings is 1. The average molecular weight is 230 g/mol. The molecule has 17 heavy (non-hydrogen) atoms. The highest BCUT2D eigenvalue weighted by Crippen LogP contribution is 2.13. The molecule has 4 nitrogen and oxygen atoms in total. The summed E-state index contributed by atoms with van der Waals surface area (Å²) in [6.07, 6.45) is 3.57. The van der Waals surface area contributed by atoms with Gasteiger partial charge in [-0.1, -0.05) is 0 Å². The van der Waals surface area contributed by atoms with Crippen molar-refractivity contribution in [2.75, 3.05) is 11.9 Å². The van der Waals surface area contributed by atoms with Crippen LogP contribution in [0, 0.1) is 17.1 Å². The molecule has 1 N–H and O–H groups in total. The van der Waals surface area contributed by atoms with Crippen LogP contribution >= 0.6 is 0 Å². The number of rotatable bonds is 4. The Labute approximate surface area is 98.3 Å². The standard InChI is InChI=1S/C12H11FN4/c13-12-8-11(3-2-10(12)9-14)15-5-7-17-6-1-4-16-17/h1-4,6,8,15H,5,7H2. The maximum absolute atomic E-state index is 13.3. The van der Waals surface area contributed by atoms with Crippen LogP contribution in [0.25, 0.3) is 0 Å². The SMILES string of the molecule is N#Cc1ccc(NCCn2cccn2)cc1F. The summed E-state index contributed by atoms with van der Waals surface area (Å²) in [6.45, 7) is 1.35. The van der Waals surface area contributed by atoms with Gasteiger partial charge in [-0.2, -0.15) is 10.4 Å². The van der Waals surface area contributed by atoms with Gasteiger partial charge in [-0.25, -0.2) is 4.39 Å². The Hall–Kier alpha value is -2.35. The highest BCUT2D eigenvalue weighted by molar-refractivity contribution is 5.47. The molecule has 1 heterocycles. The molecule has 0 atom stereocenters. The first-order chi connectivity index (χ1) is 8.29. The fourth-order valence-corrected chi connectivity index (χ4v) is 1.46. The molecule has 0 aliphatic heterocycles. The molecule has 0 saturated carbocycles. The minimum absolute atomic E-state index is 0.0580. The molecule has 0 saturated heterocycles. The summed E-state index contributed by atoms with van der Waals surface area (Å²) in [6, 6.07) is 8.10. The number of halogens is 1. The van der Waals surface area contributed by atoms with Crippen molar-refractivity contribution in [2.45, 2.75) is 6.54 Å². The van der Waals surface area contributed by atoms with Gasteiger partial charge in [0.05, 0.1) is 12.1 Å². The minimum atomic E-state index is -0.503. The van der Waals surface area contributed by atoms with E-state index >= 15 is 0 Å². The largest absolute Gasteiger partial charge is 0.383 e. The zero-order valence-corrected chi connectivity index (χ0v) is 9.10. The summed E-state index contributed by atoms with van der Waals surface area (Å²) in [5.74, 6) is -0.503. The van der Waals surface area contributed by atoms with Crippen LogP contribution < -0.4 is 5.32 Å². The third-order valence-corrected chi connectivity index (χ3v) is 2.32. The van der Waals surface area contributed by atoms with Crippen LogP contribution in [-0.2, 0) is 6.54 Å². The molecule has 0 spiro atoms. The Balaban J connectivity index is 1.91. The maximum Gasteiger partial charge on any atom is 0.143 e. The smallest absolute Gasteiger partial charge is 0.143 e. The molecule has 0 aliphatic carbocycles. The van der Waals surface area contributed by atoms with Crippen molar-refractivity contribution >= 4 is 5.69 Å². The molecule has 1 aromatic carbocycles. The Kier molecular flexibility index (Phi) is 3.36. The van der Waals surface area contributed by atoms with E-state index in [1.54, 1.807) is 23.0 Å². The molecule has 0 radical (unpaired) electrons. The van der Waals surface area contributed by atoms with E-state index in [2.05, 4.69) is 10.4 Å². The Bertz CT molecular complexity index is 528. The number of hydrogen-bond donors (Lipinski definition) is 1. The van der Waals surface area contributed by atoms with Crippen molar-refractivity contribution in [3.8, 4) is 6.07 Å². The number of hydrogen-bond acceptors (Lipinski definition) is 3. The van der Waals surface area contributed by atoms with Crippen LogP contribution in [0.2, 0.25) is 0 Å². The van der Waals surface area contributed by atoms with Crippen molar-refractivity contribution in [3.05, 3.63) is 48.0 Å². The molecular weight excluding hydrogens is 219 g/mol. The second kappa shape index (κ2) is 5.12. The van der Waals surface area contributed by atoms with Gasteiger partial charge in [0, 0.05) is 24.6 Å². The van der Waals surface area contributed by atoms with Gasteiger partial charge in [0.2, 0.25) is 0 Å². The van der Waals surface area contributed by atoms with Gasteiger partial charge in [0.1, 0.15) is 11.9 Å². The first-order valence-corrected chi connectivity index (χ1v) is 5.20. The van der Waals surface area contributed by atoms with E-state index in [1.165, 1.54) is 12.1 Å². The first kappa shape index (κ1) is 11.1. The van der Waals surface area contributed by atoms with E-state index in [0.717, 1.165) is 0 Å². The van der Waals surface area contributed by atoms with Crippen molar-refractivity contribution < 1.29 is 4.39 Å². The van der Waals surface area contributed by atoms with Gasteiger partial charge in [0.25, 0.3) is 0 Å². The molecule has 2 rings (SSSR count). The van der Waals surface area contributed by atoms with Gasteiger partial charge >= 0.3 is 0 Å². The summed E-state index contributed by atoms with van der Waals surface area (Å²) in [4.78, 5) is 0. The second-order valence-corrected chi connectivity index (χ2v) is 3.50. The van der Waals surface area contributed by atoms with Crippen LogP contribution in [0.4, 0.5) is 10.1 Å². The zero-order valence-electron chi connectivity index (χ0n) is 9.10. The predicted octanol–water partition coefficient (Wildman–Crippen LogP) is 2.01. The van der Waals surface area contributed by atoms with E-state index in [9.17, 15) is 4.39 Å². The van der Waals surface area contributed by atoms with Crippen LogP contribution in [0.1, 0.15) is 5.56 Å². The van der Waals surface area contributed by atoms with E-state index in [0.29, 0.717) is 18.8 Å². The maximum atomic E-state index is 13.3. The third kappa shape index (κ3) is 2.82. The minimum Gasteiger partial charge on any atom is -0.383 e. The summed E-state index contributed by atoms with van der Waals surface area (Å²) in [5, 5.41) is 15.7. The van der Waals surface area contributed by atoms with Crippen LogP contribution in [0.3, 0.4) is 0 Å². The lowest BCUT2D eigenvalue weighted by Gasteiger charge is -2.06. The van der Waals surface area contributed by atoms with Gasteiger partial charge < -0.3 is 5.32 Å². The predicted molar refractivity (Wildman–Crippen MR) is 61.8 cm³/mol. The first-order valence-electron chi connectivity index (χ1n) is 5.20. The molecule has 0 bridgehead atoms. The highest BCUT2D eigenvalue weighted by Gasteiger charge is 2.01. The summed E-state index contributed by atoms with van der Waals surface area (Å²) in [5.41, 5.74) is 0.719. The van der Waals surface area contributed by atoms with Crippen molar-refractivity contribution in [1.29, 1.82) is 5.26 Å². The normalized spacial score (nSPS) is 9.88. The number of nitrogens with zero attached hydrogens (tertiary/aromatic N) is 3. The third-order valence-electron chi connectivity index (χ3n) is 2.32. The van der Waals surface area contributed by atoms with Gasteiger partial charge in [0.15, 0.2) is 0 Å². The monoisotopic (exact) mass is 230 g/mol. The van der Waals surface area contributed by atoms with E-state index in [4.69, 9.17) is 5.26 Å². The lowest BCUT2D eigenvalue weighted by atomic mass is 10.2. The lowest BCUT2D eigenvalue weighted by Crippen LogP contribution is -2.10. The van der Waals surface area contributed by atoms with Crippen molar-refractivity contribution in [2.24, 2.45) is 0 Å². The molecule has 1 aromatic heterocycles.